The van der Waals surface area contributed by atoms with Crippen LogP contribution < -0.4 is 5.73 Å². The summed E-state index contributed by atoms with van der Waals surface area (Å²) in [5, 5.41) is 8.28. The molecule has 0 amide bonds. The summed E-state index contributed by atoms with van der Waals surface area (Å²) in [5.41, 5.74) is 5.50. The van der Waals surface area contributed by atoms with Gasteiger partial charge in [-0.3, -0.25) is 9.59 Å². The molecule has 15 heavy (non-hydrogen) atoms. The van der Waals surface area contributed by atoms with Gasteiger partial charge in [0.05, 0.1) is 12.5 Å². The normalized spacial score (nSPS) is 12.1. The molecule has 0 aromatic rings. The van der Waals surface area contributed by atoms with Crippen LogP contribution in [0.5, 0.6) is 0 Å². The van der Waals surface area contributed by atoms with Gasteiger partial charge in [0.1, 0.15) is 0 Å². The molecule has 0 bridgehead atoms. The lowest BCUT2D eigenvalue weighted by Gasteiger charge is -2.08. The van der Waals surface area contributed by atoms with Gasteiger partial charge in [-0.15, -0.1) is 0 Å². The Balaban J connectivity index is 3.88. The topological polar surface area (TPSA) is 97.5 Å². The monoisotopic (exact) mass is 233 g/mol. The Bertz CT molecular complexity index is 254. The second kappa shape index (κ2) is 7.42. The van der Waals surface area contributed by atoms with Crippen LogP contribution >= 0.6 is 11.8 Å². The fourth-order valence-electron chi connectivity index (χ4n) is 0.881. The van der Waals surface area contributed by atoms with E-state index in [9.17, 15) is 14.4 Å². The highest BCUT2D eigenvalue weighted by Gasteiger charge is 2.20. The summed E-state index contributed by atoms with van der Waals surface area (Å²) in [7, 11) is 0. The first kappa shape index (κ1) is 14.1. The highest BCUT2D eigenvalue weighted by Crippen LogP contribution is 2.04. The minimum absolute atomic E-state index is 0.476. The van der Waals surface area contributed by atoms with Crippen LogP contribution in [0.3, 0.4) is 0 Å². The lowest BCUT2D eigenvalue weighted by molar-refractivity contribution is -0.150. The Kier molecular flexibility index (Phi) is 6.98. The summed E-state index contributed by atoms with van der Waals surface area (Å²) in [6, 6.07) is -0.729. The molecule has 0 aromatic carbocycles. The van der Waals surface area contributed by atoms with Crippen LogP contribution in [0.25, 0.3) is 0 Å². The Morgan fingerprint density at radius 3 is 2.47 bits per heavy atom. The number of ketones is 2. The van der Waals surface area contributed by atoms with Gasteiger partial charge in [-0.05, 0) is 17.9 Å². The molecule has 86 valence electrons. The molecule has 0 aliphatic rings. The van der Waals surface area contributed by atoms with Crippen molar-refractivity contribution in [2.24, 2.45) is 5.73 Å². The maximum atomic E-state index is 11.2. The first-order valence-electron chi connectivity index (χ1n) is 4.61. The lowest BCUT2D eigenvalue weighted by atomic mass is 10.1. The van der Waals surface area contributed by atoms with Gasteiger partial charge in [0.15, 0.2) is 5.78 Å². The van der Waals surface area contributed by atoms with Crippen LogP contribution in [0, 0.1) is 0 Å². The van der Waals surface area contributed by atoms with E-state index >= 15 is 0 Å². The number of nitrogens with two attached hydrogens (primary N) is 1. The van der Waals surface area contributed by atoms with E-state index in [1.165, 1.54) is 0 Å². The molecule has 6 heteroatoms. The van der Waals surface area contributed by atoms with E-state index in [1.807, 2.05) is 6.92 Å². The summed E-state index contributed by atoms with van der Waals surface area (Å²) < 4.78 is 0. The molecule has 0 aliphatic carbocycles. The third-order valence-electron chi connectivity index (χ3n) is 1.76. The molecule has 0 aliphatic heterocycles. The van der Waals surface area contributed by atoms with E-state index < -0.39 is 30.0 Å². The van der Waals surface area contributed by atoms with Crippen molar-refractivity contribution in [2.45, 2.75) is 25.8 Å². The summed E-state index contributed by atoms with van der Waals surface area (Å²) in [5.74, 6) is -1.50. The van der Waals surface area contributed by atoms with Gasteiger partial charge in [0.2, 0.25) is 5.78 Å². The molecule has 1 atom stereocenters. The van der Waals surface area contributed by atoms with E-state index in [0.717, 1.165) is 11.5 Å². The van der Waals surface area contributed by atoms with Crippen LogP contribution in [0.4, 0.5) is 0 Å². The highest BCUT2D eigenvalue weighted by molar-refractivity contribution is 7.99. The van der Waals surface area contributed by atoms with Crippen molar-refractivity contribution >= 4 is 29.3 Å². The van der Waals surface area contributed by atoms with Gasteiger partial charge in [-0.2, -0.15) is 11.8 Å². The van der Waals surface area contributed by atoms with Gasteiger partial charge in [-0.1, -0.05) is 6.92 Å². The van der Waals surface area contributed by atoms with E-state index in [2.05, 4.69) is 0 Å². The number of Topliss-reactive ketones (excluding diaryl/α,β-unsaturated/α-hetero) is 2. The predicted octanol–water partition coefficient (Wildman–Crippen LogP) is 0.0698. The van der Waals surface area contributed by atoms with Crippen molar-refractivity contribution in [3.63, 3.8) is 0 Å². The minimum Gasteiger partial charge on any atom is -0.475 e. The fourth-order valence-corrected chi connectivity index (χ4v) is 1.59. The predicted molar refractivity (Wildman–Crippen MR) is 57.9 cm³/mol. The number of hydrogen-bond donors (Lipinski definition) is 2. The summed E-state index contributed by atoms with van der Waals surface area (Å²) in [4.78, 5) is 32.1. The van der Waals surface area contributed by atoms with Crippen LogP contribution in [-0.2, 0) is 14.4 Å². The summed E-state index contributed by atoms with van der Waals surface area (Å²) >= 11 is 1.65. The smallest absolute Gasteiger partial charge is 0.372 e. The van der Waals surface area contributed by atoms with Crippen LogP contribution in [0.15, 0.2) is 0 Å². The Hall–Kier alpha value is -0.880. The fraction of sp³-hybridized carbons (Fsp3) is 0.667. The molecule has 3 N–H and O–H groups in total. The zero-order valence-corrected chi connectivity index (χ0v) is 9.38. The second-order valence-corrected chi connectivity index (χ2v) is 4.36. The molecular formula is C9H15NO4S. The van der Waals surface area contributed by atoms with Crippen molar-refractivity contribution in [1.29, 1.82) is 0 Å². The largest absolute Gasteiger partial charge is 0.475 e. The minimum atomic E-state index is -1.58. The van der Waals surface area contributed by atoms with Crippen molar-refractivity contribution in [2.75, 3.05) is 11.5 Å². The van der Waals surface area contributed by atoms with Crippen molar-refractivity contribution in [3.05, 3.63) is 0 Å². The number of carbonyl (C=O) groups excluding carboxylic acids is 2. The number of thioether (sulfide) groups is 1. The zero-order chi connectivity index (χ0) is 11.8. The van der Waals surface area contributed by atoms with E-state index in [1.54, 1.807) is 11.8 Å². The molecule has 0 fully saturated rings. The Morgan fingerprint density at radius 2 is 2.00 bits per heavy atom. The maximum Gasteiger partial charge on any atom is 0.372 e. The highest BCUT2D eigenvalue weighted by atomic mass is 32.2. The van der Waals surface area contributed by atoms with E-state index in [-0.39, 0.29) is 0 Å². The molecule has 0 saturated carbocycles. The standard InChI is InChI=1S/C9H15NO4S/c1-2-15-4-3-6(10)7(11)5-8(12)9(13)14/h6H,2-5,10H2,1H3,(H,13,14)/t6-/m0/s1. The number of aliphatic carboxylic acids is 1. The van der Waals surface area contributed by atoms with Crippen molar-refractivity contribution in [3.8, 4) is 0 Å². The number of hydrogen-bond acceptors (Lipinski definition) is 5. The Morgan fingerprint density at radius 1 is 1.40 bits per heavy atom. The lowest BCUT2D eigenvalue weighted by Crippen LogP contribution is -2.33. The molecule has 0 saturated heterocycles. The third kappa shape index (κ3) is 6.24. The molecule has 0 unspecified atom stereocenters. The summed E-state index contributed by atoms with van der Waals surface area (Å²) in [6.07, 6.45) is -0.127. The number of carboxylic acids is 1. The zero-order valence-electron chi connectivity index (χ0n) is 8.56. The Labute approximate surface area is 92.4 Å². The van der Waals surface area contributed by atoms with Gasteiger partial charge >= 0.3 is 5.97 Å². The average Bonchev–Trinajstić information content (AvgIpc) is 2.17. The van der Waals surface area contributed by atoms with Gasteiger partial charge in [0, 0.05) is 0 Å². The van der Waals surface area contributed by atoms with Crippen LogP contribution in [0.1, 0.15) is 19.8 Å². The molecule has 0 heterocycles. The second-order valence-electron chi connectivity index (χ2n) is 2.96. The molecule has 0 aromatic heterocycles. The number of carbonyl (C=O) groups is 3. The van der Waals surface area contributed by atoms with E-state index in [0.29, 0.717) is 6.42 Å². The molecule has 0 radical (unpaired) electrons. The quantitative estimate of drug-likeness (QED) is 0.350. The SMILES string of the molecule is CCSCC[C@H](N)C(=O)CC(=O)C(=O)O. The molecular weight excluding hydrogens is 218 g/mol. The van der Waals surface area contributed by atoms with Gasteiger partial charge in [0.25, 0.3) is 0 Å². The molecule has 0 rings (SSSR count). The first-order chi connectivity index (χ1) is 6.99. The van der Waals surface area contributed by atoms with Gasteiger partial charge in [-0.25, -0.2) is 4.79 Å². The van der Waals surface area contributed by atoms with Crippen molar-refractivity contribution in [1.82, 2.24) is 0 Å². The summed E-state index contributed by atoms with van der Waals surface area (Å²) in [6.45, 7) is 1.99. The number of rotatable bonds is 8. The molecule has 0 spiro atoms. The third-order valence-corrected chi connectivity index (χ3v) is 2.70. The van der Waals surface area contributed by atoms with E-state index in [4.69, 9.17) is 10.8 Å². The number of carboxylic acid groups (broad SMARTS) is 1. The first-order valence-corrected chi connectivity index (χ1v) is 5.76. The maximum absolute atomic E-state index is 11.2. The van der Waals surface area contributed by atoms with Crippen LogP contribution in [-0.4, -0.2) is 40.2 Å². The average molecular weight is 233 g/mol. The van der Waals surface area contributed by atoms with Gasteiger partial charge < -0.3 is 10.8 Å². The molecule has 5 nitrogen and oxygen atoms in total. The van der Waals surface area contributed by atoms with Crippen molar-refractivity contribution < 1.29 is 19.5 Å². The van der Waals surface area contributed by atoms with Crippen LogP contribution in [0.2, 0.25) is 0 Å².